The first kappa shape index (κ1) is 14.4. The third-order valence-electron chi connectivity index (χ3n) is 4.33. The SMILES string of the molecule is [2H]C([2H])([2H])C([2H])(C)N(CCCCO)c1cnc(-c2ccccc2)c(-c2ccccc2)n1. The van der Waals surface area contributed by atoms with E-state index in [0.717, 1.165) is 11.1 Å². The van der Waals surface area contributed by atoms with Crippen molar-refractivity contribution in [3.8, 4) is 22.5 Å². The molecule has 0 aliphatic carbocycles. The maximum atomic E-state index is 9.16. The fraction of sp³-hybridized carbons (Fsp3) is 0.304. The molecule has 0 saturated carbocycles. The van der Waals surface area contributed by atoms with Crippen molar-refractivity contribution in [2.45, 2.75) is 32.6 Å². The minimum atomic E-state index is -2.56. The summed E-state index contributed by atoms with van der Waals surface area (Å²) in [5.41, 5.74) is 3.06. The molecule has 0 amide bonds. The van der Waals surface area contributed by atoms with Gasteiger partial charge in [0.2, 0.25) is 0 Å². The highest BCUT2D eigenvalue weighted by Gasteiger charge is 2.17. The van der Waals surface area contributed by atoms with Crippen molar-refractivity contribution in [3.63, 3.8) is 0 Å². The van der Waals surface area contributed by atoms with Gasteiger partial charge in [0, 0.05) is 34.4 Å². The molecule has 3 aromatic rings. The zero-order valence-electron chi connectivity index (χ0n) is 19.5. The van der Waals surface area contributed by atoms with Gasteiger partial charge >= 0.3 is 0 Å². The predicted molar refractivity (Wildman–Crippen MR) is 112 cm³/mol. The maximum Gasteiger partial charge on any atom is 0.148 e. The smallest absolute Gasteiger partial charge is 0.148 e. The summed E-state index contributed by atoms with van der Waals surface area (Å²) >= 11 is 0. The van der Waals surface area contributed by atoms with E-state index in [2.05, 4.69) is 4.98 Å². The summed E-state index contributed by atoms with van der Waals surface area (Å²) in [7, 11) is 0. The number of unbranched alkanes of at least 4 members (excludes halogenated alkanes) is 1. The van der Waals surface area contributed by atoms with Crippen molar-refractivity contribution >= 4 is 5.82 Å². The standard InChI is InChI=1S/C23H27N3O/c1-18(2)26(15-9-10-16-27)21-17-24-22(19-11-5-3-6-12-19)23(25-21)20-13-7-4-8-14-20/h3-8,11-14,17-18,27H,9-10,15-16H2,1-2H3/i1D3,18D. The number of rotatable bonds is 8. The molecule has 3 rings (SSSR count). The van der Waals surface area contributed by atoms with Gasteiger partial charge in [-0.05, 0) is 26.6 Å². The Hall–Kier alpha value is -2.72. The van der Waals surface area contributed by atoms with Crippen molar-refractivity contribution in [1.82, 2.24) is 9.97 Å². The molecule has 1 N–H and O–H groups in total. The molecule has 4 nitrogen and oxygen atoms in total. The van der Waals surface area contributed by atoms with Crippen LogP contribution >= 0.6 is 0 Å². The fourth-order valence-corrected chi connectivity index (χ4v) is 2.95. The van der Waals surface area contributed by atoms with Crippen molar-refractivity contribution in [1.29, 1.82) is 0 Å². The first-order valence-electron chi connectivity index (χ1n) is 11.1. The number of aliphatic hydroxyl groups is 1. The summed E-state index contributed by atoms with van der Waals surface area (Å²) in [6.45, 7) is -0.913. The first-order valence-corrected chi connectivity index (χ1v) is 9.12. The lowest BCUT2D eigenvalue weighted by molar-refractivity contribution is 0.284. The van der Waals surface area contributed by atoms with Crippen LogP contribution in [0.2, 0.25) is 0 Å². The van der Waals surface area contributed by atoms with Crippen LogP contribution in [0.5, 0.6) is 0 Å². The lowest BCUT2D eigenvalue weighted by Gasteiger charge is -2.28. The molecule has 2 aromatic carbocycles. The van der Waals surface area contributed by atoms with Crippen molar-refractivity contribution in [3.05, 3.63) is 66.9 Å². The topological polar surface area (TPSA) is 49.2 Å². The van der Waals surface area contributed by atoms with E-state index in [-0.39, 0.29) is 13.2 Å². The second kappa shape index (κ2) is 9.28. The number of hydrogen-bond donors (Lipinski definition) is 1. The molecule has 0 radical (unpaired) electrons. The van der Waals surface area contributed by atoms with E-state index in [1.165, 1.54) is 18.0 Å². The van der Waals surface area contributed by atoms with E-state index >= 15 is 0 Å². The van der Waals surface area contributed by atoms with Gasteiger partial charge < -0.3 is 10.0 Å². The monoisotopic (exact) mass is 365 g/mol. The van der Waals surface area contributed by atoms with Crippen LogP contribution in [0, 0.1) is 0 Å². The molecule has 0 aliphatic rings. The normalized spacial score (nSPS) is 15.8. The van der Waals surface area contributed by atoms with Crippen molar-refractivity contribution < 1.29 is 10.6 Å². The molecule has 27 heavy (non-hydrogen) atoms. The molecule has 1 heterocycles. The molecule has 1 unspecified atom stereocenters. The van der Waals surface area contributed by atoms with Gasteiger partial charge in [0.05, 0.1) is 19.0 Å². The number of aliphatic hydroxyl groups excluding tert-OH is 1. The summed E-state index contributed by atoms with van der Waals surface area (Å²) in [5.74, 6) is 0.324. The minimum Gasteiger partial charge on any atom is -0.396 e. The molecule has 0 spiro atoms. The summed E-state index contributed by atoms with van der Waals surface area (Å²) in [6.07, 6.45) is 2.57. The zero-order valence-corrected chi connectivity index (χ0v) is 15.5. The largest absolute Gasteiger partial charge is 0.396 e. The van der Waals surface area contributed by atoms with E-state index in [1.54, 1.807) is 0 Å². The molecular weight excluding hydrogens is 334 g/mol. The second-order valence-electron chi connectivity index (χ2n) is 6.33. The van der Waals surface area contributed by atoms with Gasteiger partial charge in [-0.25, -0.2) is 4.98 Å². The van der Waals surface area contributed by atoms with Gasteiger partial charge in [0.25, 0.3) is 0 Å². The molecule has 1 aromatic heterocycles. The third-order valence-corrected chi connectivity index (χ3v) is 4.33. The summed E-state index contributed by atoms with van der Waals surface area (Å²) in [4.78, 5) is 10.9. The van der Waals surface area contributed by atoms with E-state index in [0.29, 0.717) is 30.0 Å². The number of nitrogens with zero attached hydrogens (tertiary/aromatic N) is 3. The zero-order chi connectivity index (χ0) is 22.5. The molecule has 1 atom stereocenters. The Morgan fingerprint density at radius 2 is 1.63 bits per heavy atom. The average Bonchev–Trinajstić information content (AvgIpc) is 2.77. The molecule has 0 bridgehead atoms. The molecule has 4 heteroatoms. The van der Waals surface area contributed by atoms with Crippen LogP contribution in [0.25, 0.3) is 22.5 Å². The summed E-state index contributed by atoms with van der Waals surface area (Å²) in [6, 6.07) is 17.4. The summed E-state index contributed by atoms with van der Waals surface area (Å²) in [5, 5.41) is 9.16. The van der Waals surface area contributed by atoms with Gasteiger partial charge in [0.15, 0.2) is 0 Å². The molecule has 0 aliphatic heterocycles. The van der Waals surface area contributed by atoms with E-state index in [1.807, 2.05) is 60.7 Å². The van der Waals surface area contributed by atoms with Gasteiger partial charge in [-0.15, -0.1) is 0 Å². The van der Waals surface area contributed by atoms with Crippen LogP contribution in [-0.4, -0.2) is 34.2 Å². The molecular formula is C23H27N3O. The Morgan fingerprint density at radius 3 is 2.22 bits per heavy atom. The van der Waals surface area contributed by atoms with Gasteiger partial charge in [-0.3, -0.25) is 4.98 Å². The molecule has 140 valence electrons. The Balaban J connectivity index is 2.14. The average molecular weight is 366 g/mol. The first-order chi connectivity index (χ1) is 14.8. The molecule has 0 fully saturated rings. The van der Waals surface area contributed by atoms with Crippen LogP contribution in [-0.2, 0) is 0 Å². The van der Waals surface area contributed by atoms with Crippen LogP contribution < -0.4 is 4.90 Å². The number of aromatic nitrogens is 2. The van der Waals surface area contributed by atoms with Crippen LogP contribution in [0.3, 0.4) is 0 Å². The number of hydrogen-bond acceptors (Lipinski definition) is 4. The summed E-state index contributed by atoms with van der Waals surface area (Å²) < 4.78 is 32.3. The lowest BCUT2D eigenvalue weighted by Crippen LogP contribution is -2.32. The van der Waals surface area contributed by atoms with E-state index in [9.17, 15) is 0 Å². The molecule has 0 saturated heterocycles. The van der Waals surface area contributed by atoms with Gasteiger partial charge in [-0.2, -0.15) is 0 Å². The highest BCUT2D eigenvalue weighted by atomic mass is 16.2. The lowest BCUT2D eigenvalue weighted by atomic mass is 10.0. The van der Waals surface area contributed by atoms with Crippen molar-refractivity contribution in [2.24, 2.45) is 0 Å². The van der Waals surface area contributed by atoms with Crippen LogP contribution in [0.4, 0.5) is 5.82 Å². The maximum absolute atomic E-state index is 9.16. The predicted octanol–water partition coefficient (Wildman–Crippen LogP) is 4.80. The Kier molecular flexibility index (Phi) is 4.94. The Labute approximate surface area is 167 Å². The Morgan fingerprint density at radius 1 is 1.00 bits per heavy atom. The van der Waals surface area contributed by atoms with E-state index < -0.39 is 12.9 Å². The van der Waals surface area contributed by atoms with Gasteiger partial charge in [0.1, 0.15) is 5.82 Å². The minimum absolute atomic E-state index is 0.00418. The van der Waals surface area contributed by atoms with Crippen LogP contribution in [0.15, 0.2) is 66.9 Å². The van der Waals surface area contributed by atoms with Crippen LogP contribution in [0.1, 0.15) is 32.1 Å². The van der Waals surface area contributed by atoms with Gasteiger partial charge in [-0.1, -0.05) is 60.7 Å². The fourth-order valence-electron chi connectivity index (χ4n) is 2.95. The highest BCUT2D eigenvalue weighted by Crippen LogP contribution is 2.30. The Bertz CT molecular complexity index is 979. The second-order valence-corrected chi connectivity index (χ2v) is 6.33. The van der Waals surface area contributed by atoms with E-state index in [4.69, 9.17) is 15.6 Å². The van der Waals surface area contributed by atoms with Crippen molar-refractivity contribution in [2.75, 3.05) is 18.1 Å². The quantitative estimate of drug-likeness (QED) is 0.583. The number of benzene rings is 2. The number of anilines is 1. The highest BCUT2D eigenvalue weighted by molar-refractivity contribution is 5.78. The third kappa shape index (κ3) is 4.72.